The summed E-state index contributed by atoms with van der Waals surface area (Å²) in [5.74, 6) is -0.246. The van der Waals surface area contributed by atoms with Gasteiger partial charge in [0.25, 0.3) is 0 Å². The van der Waals surface area contributed by atoms with Gasteiger partial charge >= 0.3 is 0 Å². The third kappa shape index (κ3) is 2.69. The molecule has 22 heavy (non-hydrogen) atoms. The summed E-state index contributed by atoms with van der Waals surface area (Å²) in [6.07, 6.45) is 1.19. The average molecular weight is 296 g/mol. The monoisotopic (exact) mass is 296 g/mol. The number of carbonyl (C=O) groups excluding carboxylic acids is 2. The highest BCUT2D eigenvalue weighted by Gasteiger charge is 2.35. The minimum absolute atomic E-state index is 0.0158. The van der Waals surface area contributed by atoms with Gasteiger partial charge in [-0.05, 0) is 17.9 Å². The van der Waals surface area contributed by atoms with Crippen molar-refractivity contribution in [2.75, 3.05) is 18.0 Å². The van der Waals surface area contributed by atoms with Crippen molar-refractivity contribution in [1.29, 1.82) is 0 Å². The Morgan fingerprint density at radius 3 is 2.82 bits per heavy atom. The minimum Gasteiger partial charge on any atom is -0.356 e. The molecule has 1 saturated heterocycles. The molecule has 1 atom stereocenters. The molecule has 2 amide bonds. The van der Waals surface area contributed by atoms with Crippen LogP contribution in [0.2, 0.25) is 0 Å². The molecule has 2 aromatic carbocycles. The van der Waals surface area contributed by atoms with Crippen molar-refractivity contribution >= 4 is 28.3 Å². The summed E-state index contributed by atoms with van der Waals surface area (Å²) in [4.78, 5) is 26.2. The first-order valence-corrected chi connectivity index (χ1v) is 7.76. The highest BCUT2D eigenvalue weighted by Crippen LogP contribution is 2.31. The highest BCUT2D eigenvalue weighted by molar-refractivity contribution is 6.06. The predicted octanol–water partition coefficient (Wildman–Crippen LogP) is 2.72. The largest absolute Gasteiger partial charge is 0.356 e. The molecule has 3 rings (SSSR count). The maximum absolute atomic E-state index is 12.4. The number of rotatable bonds is 4. The van der Waals surface area contributed by atoms with Crippen molar-refractivity contribution in [3.05, 3.63) is 42.5 Å². The number of anilines is 1. The minimum atomic E-state index is -0.252. The van der Waals surface area contributed by atoms with E-state index < -0.39 is 0 Å². The predicted molar refractivity (Wildman–Crippen MR) is 87.7 cm³/mol. The summed E-state index contributed by atoms with van der Waals surface area (Å²) in [6.45, 7) is 3.14. The maximum atomic E-state index is 12.4. The van der Waals surface area contributed by atoms with Gasteiger partial charge in [0.15, 0.2) is 0 Å². The number of fused-ring (bicyclic) bond motifs is 1. The molecule has 1 fully saturated rings. The Hall–Kier alpha value is -2.36. The third-order valence-electron chi connectivity index (χ3n) is 4.10. The lowest BCUT2D eigenvalue weighted by Gasteiger charge is -2.19. The molecule has 0 aliphatic carbocycles. The van der Waals surface area contributed by atoms with E-state index in [0.717, 1.165) is 22.9 Å². The van der Waals surface area contributed by atoms with Crippen molar-refractivity contribution < 1.29 is 9.59 Å². The molecule has 1 aliphatic rings. The number of carbonyl (C=O) groups is 2. The summed E-state index contributed by atoms with van der Waals surface area (Å²) >= 11 is 0. The zero-order chi connectivity index (χ0) is 15.5. The van der Waals surface area contributed by atoms with Gasteiger partial charge in [0, 0.05) is 24.9 Å². The highest BCUT2D eigenvalue weighted by atomic mass is 16.2. The Morgan fingerprint density at radius 2 is 2.00 bits per heavy atom. The van der Waals surface area contributed by atoms with E-state index in [1.54, 1.807) is 4.90 Å². The summed E-state index contributed by atoms with van der Waals surface area (Å²) in [7, 11) is 0. The SMILES string of the molecule is CCCNC(=O)C1CC(=O)N(c2cccc3ccccc23)C1. The van der Waals surface area contributed by atoms with Crippen LogP contribution in [-0.4, -0.2) is 24.9 Å². The van der Waals surface area contributed by atoms with Crippen LogP contribution in [0.1, 0.15) is 19.8 Å². The fourth-order valence-corrected chi connectivity index (χ4v) is 2.95. The molecular formula is C18H20N2O2. The molecule has 2 aromatic rings. The van der Waals surface area contributed by atoms with Gasteiger partial charge in [-0.25, -0.2) is 0 Å². The van der Waals surface area contributed by atoms with Crippen molar-refractivity contribution in [2.45, 2.75) is 19.8 Å². The van der Waals surface area contributed by atoms with Crippen LogP contribution in [0.3, 0.4) is 0 Å². The number of nitrogens with one attached hydrogen (secondary N) is 1. The fraction of sp³-hybridized carbons (Fsp3) is 0.333. The molecule has 0 aromatic heterocycles. The molecule has 1 heterocycles. The molecule has 0 spiro atoms. The molecule has 1 N–H and O–H groups in total. The van der Waals surface area contributed by atoms with Gasteiger partial charge in [-0.15, -0.1) is 0 Å². The first-order valence-electron chi connectivity index (χ1n) is 7.76. The fourth-order valence-electron chi connectivity index (χ4n) is 2.95. The molecule has 114 valence electrons. The number of benzene rings is 2. The maximum Gasteiger partial charge on any atom is 0.227 e. The first kappa shape index (κ1) is 14.6. The second-order valence-corrected chi connectivity index (χ2v) is 5.69. The molecule has 4 heteroatoms. The quantitative estimate of drug-likeness (QED) is 0.943. The van der Waals surface area contributed by atoms with E-state index in [-0.39, 0.29) is 17.7 Å². The molecule has 0 radical (unpaired) electrons. The van der Waals surface area contributed by atoms with E-state index in [4.69, 9.17) is 0 Å². The van der Waals surface area contributed by atoms with Crippen LogP contribution >= 0.6 is 0 Å². The van der Waals surface area contributed by atoms with Gasteiger partial charge in [-0.1, -0.05) is 43.3 Å². The second kappa shape index (κ2) is 6.18. The van der Waals surface area contributed by atoms with E-state index in [0.29, 0.717) is 19.5 Å². The Morgan fingerprint density at radius 1 is 1.23 bits per heavy atom. The van der Waals surface area contributed by atoms with Crippen LogP contribution in [0.5, 0.6) is 0 Å². The Balaban J connectivity index is 1.86. The smallest absolute Gasteiger partial charge is 0.227 e. The number of nitrogens with zero attached hydrogens (tertiary/aromatic N) is 1. The summed E-state index contributed by atoms with van der Waals surface area (Å²) in [6, 6.07) is 13.9. The lowest BCUT2D eigenvalue weighted by atomic mass is 10.1. The Bertz CT molecular complexity index is 706. The third-order valence-corrected chi connectivity index (χ3v) is 4.10. The molecule has 0 bridgehead atoms. The van der Waals surface area contributed by atoms with E-state index in [1.165, 1.54) is 0 Å². The zero-order valence-electron chi connectivity index (χ0n) is 12.7. The van der Waals surface area contributed by atoms with Gasteiger partial charge in [0.2, 0.25) is 11.8 Å². The number of hydrogen-bond donors (Lipinski definition) is 1. The van der Waals surface area contributed by atoms with Gasteiger partial charge < -0.3 is 10.2 Å². The van der Waals surface area contributed by atoms with Crippen LogP contribution < -0.4 is 10.2 Å². The van der Waals surface area contributed by atoms with Crippen molar-refractivity contribution in [2.24, 2.45) is 5.92 Å². The lowest BCUT2D eigenvalue weighted by Crippen LogP contribution is -2.33. The lowest BCUT2D eigenvalue weighted by molar-refractivity contribution is -0.126. The normalized spacial score (nSPS) is 18.0. The first-order chi connectivity index (χ1) is 10.7. The van der Waals surface area contributed by atoms with Crippen molar-refractivity contribution in [3.8, 4) is 0 Å². The van der Waals surface area contributed by atoms with Crippen LogP contribution in [-0.2, 0) is 9.59 Å². The summed E-state index contributed by atoms with van der Waals surface area (Å²) in [5, 5.41) is 5.04. The van der Waals surface area contributed by atoms with Crippen LogP contribution in [0.15, 0.2) is 42.5 Å². The van der Waals surface area contributed by atoms with E-state index in [2.05, 4.69) is 5.32 Å². The standard InChI is InChI=1S/C18H20N2O2/c1-2-10-19-18(22)14-11-17(21)20(12-14)16-9-5-7-13-6-3-4-8-15(13)16/h3-9,14H,2,10-12H2,1H3,(H,19,22). The summed E-state index contributed by atoms with van der Waals surface area (Å²) in [5.41, 5.74) is 0.897. The van der Waals surface area contributed by atoms with Gasteiger partial charge in [0.1, 0.15) is 0 Å². The summed E-state index contributed by atoms with van der Waals surface area (Å²) < 4.78 is 0. The van der Waals surface area contributed by atoms with E-state index >= 15 is 0 Å². The number of hydrogen-bond acceptors (Lipinski definition) is 2. The van der Waals surface area contributed by atoms with Crippen LogP contribution in [0.25, 0.3) is 10.8 Å². The van der Waals surface area contributed by atoms with E-state index in [1.807, 2.05) is 49.4 Å². The van der Waals surface area contributed by atoms with Crippen molar-refractivity contribution in [1.82, 2.24) is 5.32 Å². The molecule has 0 saturated carbocycles. The molecule has 1 aliphatic heterocycles. The Kier molecular flexibility index (Phi) is 4.09. The van der Waals surface area contributed by atoms with Gasteiger partial charge in [-0.3, -0.25) is 9.59 Å². The topological polar surface area (TPSA) is 49.4 Å². The molecule has 1 unspecified atom stereocenters. The van der Waals surface area contributed by atoms with E-state index in [9.17, 15) is 9.59 Å². The molecule has 4 nitrogen and oxygen atoms in total. The van der Waals surface area contributed by atoms with Gasteiger partial charge in [-0.2, -0.15) is 0 Å². The average Bonchev–Trinajstić information content (AvgIpc) is 2.94. The van der Waals surface area contributed by atoms with Crippen LogP contribution in [0, 0.1) is 5.92 Å². The van der Waals surface area contributed by atoms with Crippen LogP contribution in [0.4, 0.5) is 5.69 Å². The number of amides is 2. The Labute approximate surface area is 130 Å². The molecular weight excluding hydrogens is 276 g/mol. The van der Waals surface area contributed by atoms with Gasteiger partial charge in [0.05, 0.1) is 11.6 Å². The van der Waals surface area contributed by atoms with Crippen molar-refractivity contribution in [3.63, 3.8) is 0 Å². The zero-order valence-corrected chi connectivity index (χ0v) is 12.7. The second-order valence-electron chi connectivity index (χ2n) is 5.69.